The van der Waals surface area contributed by atoms with Crippen LogP contribution in [0, 0.1) is 6.92 Å². The van der Waals surface area contributed by atoms with E-state index in [0.717, 1.165) is 26.1 Å². The standard InChI is InChI=1S/C19H24N2O2/c1-16-2-4-17(5-3-16)12-19(15-22)14-21(10-11-23-19)13-18-6-8-20-9-7-18/h2-9,22H,10-15H2,1H3/t19-/m1/s1. The van der Waals surface area contributed by atoms with E-state index in [2.05, 4.69) is 41.1 Å². The van der Waals surface area contributed by atoms with Crippen molar-refractivity contribution in [2.75, 3.05) is 26.3 Å². The fraction of sp³-hybridized carbons (Fsp3) is 0.421. The zero-order chi connectivity index (χ0) is 16.1. The molecule has 2 heterocycles. The van der Waals surface area contributed by atoms with E-state index in [-0.39, 0.29) is 6.61 Å². The number of ether oxygens (including phenoxy) is 1. The fourth-order valence-corrected chi connectivity index (χ4v) is 3.14. The molecule has 23 heavy (non-hydrogen) atoms. The molecule has 1 fully saturated rings. The van der Waals surface area contributed by atoms with Gasteiger partial charge in [-0.3, -0.25) is 9.88 Å². The zero-order valence-electron chi connectivity index (χ0n) is 13.6. The Morgan fingerprint density at radius 3 is 2.57 bits per heavy atom. The highest BCUT2D eigenvalue weighted by Gasteiger charge is 2.36. The van der Waals surface area contributed by atoms with Crippen molar-refractivity contribution >= 4 is 0 Å². The molecule has 1 saturated heterocycles. The molecule has 0 aliphatic carbocycles. The minimum atomic E-state index is -0.513. The van der Waals surface area contributed by atoms with Gasteiger partial charge in [0.25, 0.3) is 0 Å². The summed E-state index contributed by atoms with van der Waals surface area (Å²) in [6, 6.07) is 12.5. The number of morpholine rings is 1. The van der Waals surface area contributed by atoms with Crippen LogP contribution in [0.4, 0.5) is 0 Å². The van der Waals surface area contributed by atoms with Crippen LogP contribution < -0.4 is 0 Å². The molecular formula is C19H24N2O2. The van der Waals surface area contributed by atoms with Crippen LogP contribution in [-0.2, 0) is 17.7 Å². The van der Waals surface area contributed by atoms with Crippen molar-refractivity contribution in [1.82, 2.24) is 9.88 Å². The molecular weight excluding hydrogens is 288 g/mol. The summed E-state index contributed by atoms with van der Waals surface area (Å²) in [4.78, 5) is 6.41. The largest absolute Gasteiger partial charge is 0.393 e. The second kappa shape index (κ2) is 7.21. The number of benzene rings is 1. The molecule has 0 radical (unpaired) electrons. The predicted octanol–water partition coefficient (Wildman–Crippen LogP) is 2.20. The van der Waals surface area contributed by atoms with Gasteiger partial charge in [-0.25, -0.2) is 0 Å². The summed E-state index contributed by atoms with van der Waals surface area (Å²) in [5, 5.41) is 9.98. The summed E-state index contributed by atoms with van der Waals surface area (Å²) in [5.41, 5.74) is 3.18. The molecule has 1 atom stereocenters. The SMILES string of the molecule is Cc1ccc(C[C@]2(CO)CN(Cc3ccncc3)CCO2)cc1. The topological polar surface area (TPSA) is 45.6 Å². The number of rotatable bonds is 5. The van der Waals surface area contributed by atoms with Crippen molar-refractivity contribution in [3.63, 3.8) is 0 Å². The Morgan fingerprint density at radius 1 is 1.13 bits per heavy atom. The van der Waals surface area contributed by atoms with Gasteiger partial charge in [0.2, 0.25) is 0 Å². The lowest BCUT2D eigenvalue weighted by Gasteiger charge is -2.42. The number of nitrogens with zero attached hydrogens (tertiary/aromatic N) is 2. The molecule has 1 N–H and O–H groups in total. The number of aryl methyl sites for hydroxylation is 1. The molecule has 4 heteroatoms. The smallest absolute Gasteiger partial charge is 0.108 e. The second-order valence-corrected chi connectivity index (χ2v) is 6.42. The Hall–Kier alpha value is -1.75. The summed E-state index contributed by atoms with van der Waals surface area (Å²) >= 11 is 0. The highest BCUT2D eigenvalue weighted by Crippen LogP contribution is 2.24. The summed E-state index contributed by atoms with van der Waals surface area (Å²) in [5.74, 6) is 0. The lowest BCUT2D eigenvalue weighted by molar-refractivity contribution is -0.134. The number of aromatic nitrogens is 1. The maximum Gasteiger partial charge on any atom is 0.108 e. The van der Waals surface area contributed by atoms with E-state index < -0.39 is 5.60 Å². The Balaban J connectivity index is 1.69. The summed E-state index contributed by atoms with van der Waals surface area (Å²) in [7, 11) is 0. The fourth-order valence-electron chi connectivity index (χ4n) is 3.14. The van der Waals surface area contributed by atoms with Gasteiger partial charge in [0.05, 0.1) is 13.2 Å². The predicted molar refractivity (Wildman–Crippen MR) is 90.2 cm³/mol. The highest BCUT2D eigenvalue weighted by atomic mass is 16.5. The quantitative estimate of drug-likeness (QED) is 0.919. The van der Waals surface area contributed by atoms with Gasteiger partial charge in [-0.2, -0.15) is 0 Å². The Kier molecular flexibility index (Phi) is 5.06. The van der Waals surface area contributed by atoms with Gasteiger partial charge in [-0.1, -0.05) is 29.8 Å². The van der Waals surface area contributed by atoms with Crippen LogP contribution in [0.25, 0.3) is 0 Å². The van der Waals surface area contributed by atoms with E-state index in [1.54, 1.807) is 0 Å². The molecule has 0 amide bonds. The van der Waals surface area contributed by atoms with E-state index in [0.29, 0.717) is 6.61 Å². The zero-order valence-corrected chi connectivity index (χ0v) is 13.6. The van der Waals surface area contributed by atoms with Gasteiger partial charge in [0, 0.05) is 38.4 Å². The Labute approximate surface area is 137 Å². The van der Waals surface area contributed by atoms with Gasteiger partial charge in [0.1, 0.15) is 5.60 Å². The summed E-state index contributed by atoms with van der Waals surface area (Å²) in [6.45, 7) is 5.25. The lowest BCUT2D eigenvalue weighted by atomic mass is 9.92. The van der Waals surface area contributed by atoms with E-state index in [1.165, 1.54) is 16.7 Å². The van der Waals surface area contributed by atoms with Gasteiger partial charge >= 0.3 is 0 Å². The summed E-state index contributed by atoms with van der Waals surface area (Å²) in [6.07, 6.45) is 4.37. The molecule has 0 unspecified atom stereocenters. The van der Waals surface area contributed by atoms with Crippen LogP contribution in [0.3, 0.4) is 0 Å². The first-order chi connectivity index (χ1) is 11.2. The van der Waals surface area contributed by atoms with Crippen molar-refractivity contribution in [3.05, 3.63) is 65.5 Å². The van der Waals surface area contributed by atoms with Crippen LogP contribution in [-0.4, -0.2) is 46.9 Å². The molecule has 2 aromatic rings. The first-order valence-corrected chi connectivity index (χ1v) is 8.11. The van der Waals surface area contributed by atoms with Crippen LogP contribution >= 0.6 is 0 Å². The van der Waals surface area contributed by atoms with Crippen molar-refractivity contribution in [2.45, 2.75) is 25.5 Å². The molecule has 4 nitrogen and oxygen atoms in total. The highest BCUT2D eigenvalue weighted by molar-refractivity contribution is 5.23. The molecule has 3 rings (SSSR count). The molecule has 1 aromatic heterocycles. The minimum Gasteiger partial charge on any atom is -0.393 e. The number of aliphatic hydroxyl groups excluding tert-OH is 1. The van der Waals surface area contributed by atoms with Crippen molar-refractivity contribution in [1.29, 1.82) is 0 Å². The normalized spacial score (nSPS) is 22.2. The molecule has 0 spiro atoms. The van der Waals surface area contributed by atoms with E-state index in [9.17, 15) is 5.11 Å². The van der Waals surface area contributed by atoms with Gasteiger partial charge in [-0.15, -0.1) is 0 Å². The van der Waals surface area contributed by atoms with Crippen LogP contribution in [0.15, 0.2) is 48.8 Å². The molecule has 0 bridgehead atoms. The first-order valence-electron chi connectivity index (χ1n) is 8.11. The first kappa shape index (κ1) is 16.1. The van der Waals surface area contributed by atoms with Crippen LogP contribution in [0.2, 0.25) is 0 Å². The molecule has 122 valence electrons. The van der Waals surface area contributed by atoms with Crippen molar-refractivity contribution < 1.29 is 9.84 Å². The van der Waals surface area contributed by atoms with Crippen LogP contribution in [0.5, 0.6) is 0 Å². The Morgan fingerprint density at radius 2 is 1.87 bits per heavy atom. The van der Waals surface area contributed by atoms with Gasteiger partial charge < -0.3 is 9.84 Å². The molecule has 1 aliphatic heterocycles. The van der Waals surface area contributed by atoms with Crippen LogP contribution in [0.1, 0.15) is 16.7 Å². The van der Waals surface area contributed by atoms with E-state index in [1.807, 2.05) is 24.5 Å². The number of pyridine rings is 1. The number of hydrogen-bond acceptors (Lipinski definition) is 4. The summed E-state index contributed by atoms with van der Waals surface area (Å²) < 4.78 is 6.01. The monoisotopic (exact) mass is 312 g/mol. The van der Waals surface area contributed by atoms with E-state index in [4.69, 9.17) is 4.74 Å². The molecule has 1 aliphatic rings. The third-order valence-electron chi connectivity index (χ3n) is 4.42. The Bertz CT molecular complexity index is 615. The molecule has 1 aromatic carbocycles. The van der Waals surface area contributed by atoms with Gasteiger partial charge in [-0.05, 0) is 30.2 Å². The lowest BCUT2D eigenvalue weighted by Crippen LogP contribution is -2.55. The number of aliphatic hydroxyl groups is 1. The second-order valence-electron chi connectivity index (χ2n) is 6.42. The minimum absolute atomic E-state index is 0.0354. The average Bonchev–Trinajstić information content (AvgIpc) is 2.58. The third kappa shape index (κ3) is 4.16. The third-order valence-corrected chi connectivity index (χ3v) is 4.42. The average molecular weight is 312 g/mol. The molecule has 0 saturated carbocycles. The van der Waals surface area contributed by atoms with Crippen molar-refractivity contribution in [2.24, 2.45) is 0 Å². The number of hydrogen-bond donors (Lipinski definition) is 1. The van der Waals surface area contributed by atoms with Crippen molar-refractivity contribution in [3.8, 4) is 0 Å². The van der Waals surface area contributed by atoms with E-state index >= 15 is 0 Å². The maximum atomic E-state index is 9.98. The maximum absolute atomic E-state index is 9.98. The van der Waals surface area contributed by atoms with Gasteiger partial charge in [0.15, 0.2) is 0 Å².